The molecular formula is C13H23N3O2S2. The highest BCUT2D eigenvalue weighted by molar-refractivity contribution is 8.01. The molecule has 0 saturated carbocycles. The minimum Gasteiger partial charge on any atom is -0.444 e. The zero-order chi connectivity index (χ0) is 15.2. The number of nitrogens with one attached hydrogen (secondary N) is 1. The Labute approximate surface area is 129 Å². The molecule has 1 heterocycles. The molecule has 0 unspecified atom stereocenters. The highest BCUT2D eigenvalue weighted by Gasteiger charge is 2.15. The zero-order valence-electron chi connectivity index (χ0n) is 12.7. The van der Waals surface area contributed by atoms with Gasteiger partial charge in [-0.2, -0.15) is 0 Å². The summed E-state index contributed by atoms with van der Waals surface area (Å²) < 4.78 is 6.18. The third-order valence-electron chi connectivity index (χ3n) is 2.12. The van der Waals surface area contributed by atoms with Gasteiger partial charge in [0.25, 0.3) is 0 Å². The van der Waals surface area contributed by atoms with E-state index in [0.29, 0.717) is 0 Å². The van der Waals surface area contributed by atoms with Gasteiger partial charge in [0, 0.05) is 24.0 Å². The molecule has 0 atom stereocenters. The SMILES string of the molecule is CN(C)CCSc1ncc(COC(=O)NC(C)(C)C)s1. The Balaban J connectivity index is 2.31. The Morgan fingerprint density at radius 1 is 1.50 bits per heavy atom. The third-order valence-corrected chi connectivity index (χ3v) is 4.23. The van der Waals surface area contributed by atoms with Crippen molar-refractivity contribution in [1.82, 2.24) is 15.2 Å². The molecule has 0 aliphatic carbocycles. The summed E-state index contributed by atoms with van der Waals surface area (Å²) in [4.78, 5) is 18.9. The molecule has 1 N–H and O–H groups in total. The fourth-order valence-electron chi connectivity index (χ4n) is 1.22. The number of carbonyl (C=O) groups is 1. The second kappa shape index (κ2) is 7.85. The Hall–Kier alpha value is -0.790. The number of rotatable bonds is 6. The molecule has 0 radical (unpaired) electrons. The van der Waals surface area contributed by atoms with Gasteiger partial charge in [0.05, 0.1) is 4.88 Å². The molecule has 0 bridgehead atoms. The van der Waals surface area contributed by atoms with E-state index in [4.69, 9.17) is 4.74 Å². The van der Waals surface area contributed by atoms with Gasteiger partial charge in [-0.25, -0.2) is 9.78 Å². The summed E-state index contributed by atoms with van der Waals surface area (Å²) in [6.07, 6.45) is 1.38. The van der Waals surface area contributed by atoms with Crippen molar-refractivity contribution in [2.24, 2.45) is 0 Å². The Morgan fingerprint density at radius 2 is 2.20 bits per heavy atom. The van der Waals surface area contributed by atoms with Gasteiger partial charge in [-0.15, -0.1) is 11.3 Å². The molecule has 1 aromatic rings. The number of carbonyl (C=O) groups excluding carboxylic acids is 1. The Kier molecular flexibility index (Phi) is 6.78. The van der Waals surface area contributed by atoms with E-state index in [1.54, 1.807) is 29.3 Å². The van der Waals surface area contributed by atoms with Gasteiger partial charge in [0.15, 0.2) is 0 Å². The van der Waals surface area contributed by atoms with E-state index in [1.807, 2.05) is 20.8 Å². The number of aromatic nitrogens is 1. The van der Waals surface area contributed by atoms with E-state index in [2.05, 4.69) is 29.3 Å². The van der Waals surface area contributed by atoms with Gasteiger partial charge in [-0.3, -0.25) is 0 Å². The standard InChI is InChI=1S/C13H23N3O2S2/c1-13(2,3)15-11(17)18-9-10-8-14-12(20-10)19-7-6-16(4)5/h8H,6-7,9H2,1-5H3,(H,15,17). The van der Waals surface area contributed by atoms with Crippen LogP contribution in [0.4, 0.5) is 4.79 Å². The van der Waals surface area contributed by atoms with Crippen LogP contribution in [0.15, 0.2) is 10.5 Å². The number of hydrogen-bond acceptors (Lipinski definition) is 6. The van der Waals surface area contributed by atoms with Crippen molar-refractivity contribution < 1.29 is 9.53 Å². The van der Waals surface area contributed by atoms with Crippen molar-refractivity contribution in [2.75, 3.05) is 26.4 Å². The number of amides is 1. The summed E-state index contributed by atoms with van der Waals surface area (Å²) in [5.74, 6) is 1.01. The van der Waals surface area contributed by atoms with Gasteiger partial charge in [-0.1, -0.05) is 11.8 Å². The van der Waals surface area contributed by atoms with Crippen LogP contribution < -0.4 is 5.32 Å². The number of hydrogen-bond donors (Lipinski definition) is 1. The maximum absolute atomic E-state index is 11.5. The van der Waals surface area contributed by atoms with Gasteiger partial charge < -0.3 is 15.0 Å². The lowest BCUT2D eigenvalue weighted by molar-refractivity contribution is 0.132. The normalized spacial score (nSPS) is 11.7. The van der Waals surface area contributed by atoms with Gasteiger partial charge in [0.2, 0.25) is 0 Å². The average Bonchev–Trinajstić information content (AvgIpc) is 2.71. The van der Waals surface area contributed by atoms with Crippen molar-refractivity contribution in [3.8, 4) is 0 Å². The number of thiazole rings is 1. The van der Waals surface area contributed by atoms with Crippen LogP contribution in [0.25, 0.3) is 0 Å². The summed E-state index contributed by atoms with van der Waals surface area (Å²) in [7, 11) is 4.10. The molecular weight excluding hydrogens is 294 g/mol. The van der Waals surface area contributed by atoms with Gasteiger partial charge >= 0.3 is 6.09 Å². The molecule has 1 aromatic heterocycles. The molecule has 0 aromatic carbocycles. The lowest BCUT2D eigenvalue weighted by Gasteiger charge is -2.19. The summed E-state index contributed by atoms with van der Waals surface area (Å²) in [5.41, 5.74) is -0.280. The first kappa shape index (κ1) is 17.3. The Bertz CT molecular complexity index is 427. The van der Waals surface area contributed by atoms with Crippen LogP contribution in [0.3, 0.4) is 0 Å². The molecule has 0 spiro atoms. The second-order valence-corrected chi connectivity index (χ2v) is 8.15. The summed E-state index contributed by atoms with van der Waals surface area (Å²) in [6.45, 7) is 7.04. The number of nitrogens with zero attached hydrogens (tertiary/aromatic N) is 2. The van der Waals surface area contributed by atoms with E-state index in [0.717, 1.165) is 21.5 Å². The molecule has 20 heavy (non-hydrogen) atoms. The number of alkyl carbamates (subject to hydrolysis) is 1. The average molecular weight is 317 g/mol. The first-order valence-electron chi connectivity index (χ1n) is 6.43. The van der Waals surface area contributed by atoms with Crippen LogP contribution in [0.1, 0.15) is 25.6 Å². The van der Waals surface area contributed by atoms with Crippen molar-refractivity contribution in [1.29, 1.82) is 0 Å². The minimum absolute atomic E-state index is 0.272. The summed E-state index contributed by atoms with van der Waals surface area (Å²) >= 11 is 3.30. The highest BCUT2D eigenvalue weighted by atomic mass is 32.2. The zero-order valence-corrected chi connectivity index (χ0v) is 14.4. The van der Waals surface area contributed by atoms with E-state index in [1.165, 1.54) is 0 Å². The maximum atomic E-state index is 11.5. The predicted octanol–water partition coefficient (Wildman–Crippen LogP) is 2.82. The highest BCUT2D eigenvalue weighted by Crippen LogP contribution is 2.24. The van der Waals surface area contributed by atoms with Crippen LogP contribution in [0.5, 0.6) is 0 Å². The molecule has 114 valence electrons. The van der Waals surface area contributed by atoms with Crippen LogP contribution in [0.2, 0.25) is 0 Å². The molecule has 0 aliphatic rings. The summed E-state index contributed by atoms with van der Waals surface area (Å²) in [5, 5.41) is 2.76. The molecule has 0 fully saturated rings. The molecule has 0 aliphatic heterocycles. The number of ether oxygens (including phenoxy) is 1. The summed E-state index contributed by atoms with van der Waals surface area (Å²) in [6, 6.07) is 0. The monoisotopic (exact) mass is 317 g/mol. The quantitative estimate of drug-likeness (QED) is 0.818. The first-order valence-corrected chi connectivity index (χ1v) is 8.23. The molecule has 7 heteroatoms. The maximum Gasteiger partial charge on any atom is 0.407 e. The molecule has 0 saturated heterocycles. The molecule has 5 nitrogen and oxygen atoms in total. The topological polar surface area (TPSA) is 54.5 Å². The van der Waals surface area contributed by atoms with Crippen LogP contribution >= 0.6 is 23.1 Å². The fraction of sp³-hybridized carbons (Fsp3) is 0.692. The van der Waals surface area contributed by atoms with Crippen molar-refractivity contribution in [3.05, 3.63) is 11.1 Å². The van der Waals surface area contributed by atoms with Crippen molar-refractivity contribution in [3.63, 3.8) is 0 Å². The third kappa shape index (κ3) is 7.72. The number of thioether (sulfide) groups is 1. The first-order chi connectivity index (χ1) is 9.26. The lowest BCUT2D eigenvalue weighted by atomic mass is 10.1. The Morgan fingerprint density at radius 3 is 2.80 bits per heavy atom. The van der Waals surface area contributed by atoms with E-state index in [-0.39, 0.29) is 12.1 Å². The van der Waals surface area contributed by atoms with Crippen LogP contribution in [0, 0.1) is 0 Å². The van der Waals surface area contributed by atoms with Crippen LogP contribution in [-0.4, -0.2) is 47.9 Å². The second-order valence-electron chi connectivity index (χ2n) is 5.70. The van der Waals surface area contributed by atoms with E-state index >= 15 is 0 Å². The van der Waals surface area contributed by atoms with Crippen LogP contribution in [-0.2, 0) is 11.3 Å². The fourth-order valence-corrected chi connectivity index (χ4v) is 3.34. The largest absolute Gasteiger partial charge is 0.444 e. The van der Waals surface area contributed by atoms with E-state index in [9.17, 15) is 4.79 Å². The lowest BCUT2D eigenvalue weighted by Crippen LogP contribution is -2.40. The van der Waals surface area contributed by atoms with E-state index < -0.39 is 6.09 Å². The van der Waals surface area contributed by atoms with Gasteiger partial charge in [-0.05, 0) is 34.9 Å². The smallest absolute Gasteiger partial charge is 0.407 e. The van der Waals surface area contributed by atoms with Gasteiger partial charge in [0.1, 0.15) is 10.9 Å². The molecule has 1 rings (SSSR count). The molecule has 1 amide bonds. The van der Waals surface area contributed by atoms with Crippen molar-refractivity contribution in [2.45, 2.75) is 37.3 Å². The van der Waals surface area contributed by atoms with Crippen molar-refractivity contribution >= 4 is 29.2 Å². The minimum atomic E-state index is -0.396. The predicted molar refractivity (Wildman–Crippen MR) is 84.5 cm³/mol.